The molecule has 1 saturated carbocycles. The number of anilines is 2. The van der Waals surface area contributed by atoms with Gasteiger partial charge in [-0.15, -0.1) is 11.8 Å². The molecule has 232 valence electrons. The Kier molecular flexibility index (Phi) is 8.33. The smallest absolute Gasteiger partial charge is 0.341 e. The van der Waals surface area contributed by atoms with Crippen LogP contribution >= 0.6 is 11.8 Å². The van der Waals surface area contributed by atoms with Crippen molar-refractivity contribution in [2.75, 3.05) is 49.7 Å². The van der Waals surface area contributed by atoms with E-state index in [4.69, 9.17) is 9.47 Å². The van der Waals surface area contributed by atoms with E-state index < -0.39 is 5.97 Å². The van der Waals surface area contributed by atoms with E-state index in [0.717, 1.165) is 54.3 Å². The van der Waals surface area contributed by atoms with Crippen LogP contribution in [-0.4, -0.2) is 73.1 Å². The molecular formula is C35H41N3O5S. The number of aliphatic carboxylic acids is 1. The molecule has 1 amide bonds. The van der Waals surface area contributed by atoms with E-state index in [1.54, 1.807) is 0 Å². The minimum atomic E-state index is -0.821. The summed E-state index contributed by atoms with van der Waals surface area (Å²) in [5, 5.41) is 9.87. The summed E-state index contributed by atoms with van der Waals surface area (Å²) in [6.45, 7) is 4.24. The van der Waals surface area contributed by atoms with Gasteiger partial charge >= 0.3 is 5.97 Å². The highest BCUT2D eigenvalue weighted by Crippen LogP contribution is 2.52. The molecule has 0 radical (unpaired) electrons. The molecule has 1 N–H and O–H groups in total. The van der Waals surface area contributed by atoms with Gasteiger partial charge < -0.3 is 29.3 Å². The maximum atomic E-state index is 12.5. The first-order valence-corrected chi connectivity index (χ1v) is 16.9. The number of ether oxygens (including phenoxy) is 2. The number of fused-ring (bicyclic) bond motifs is 1. The molecule has 0 spiro atoms. The lowest BCUT2D eigenvalue weighted by atomic mass is 9.81. The van der Waals surface area contributed by atoms with Crippen molar-refractivity contribution in [1.29, 1.82) is 0 Å². The SMILES string of the molecule is CN1C(c2ccc(OCc3cc(N4CCCC4=O)ccc3N3CCOCC3)cc2)=C(C2CCCCC2)C2SC(C(=O)O)=CC21. The molecule has 0 bridgehead atoms. The number of carboxylic acid groups (broad SMARTS) is 1. The second-order valence-corrected chi connectivity index (χ2v) is 13.7. The number of thioether (sulfide) groups is 1. The Morgan fingerprint density at radius 2 is 1.80 bits per heavy atom. The van der Waals surface area contributed by atoms with E-state index in [0.29, 0.717) is 37.1 Å². The number of carboxylic acids is 1. The highest BCUT2D eigenvalue weighted by molar-refractivity contribution is 8.05. The van der Waals surface area contributed by atoms with Crippen LogP contribution in [0.25, 0.3) is 5.70 Å². The molecule has 5 aliphatic rings. The summed E-state index contributed by atoms with van der Waals surface area (Å²) in [6, 6.07) is 14.8. The fourth-order valence-electron chi connectivity index (χ4n) is 7.63. The molecule has 2 saturated heterocycles. The zero-order valence-electron chi connectivity index (χ0n) is 25.4. The number of hydrogen-bond acceptors (Lipinski definition) is 7. The molecule has 2 aromatic rings. The van der Waals surface area contributed by atoms with Crippen LogP contribution in [0.5, 0.6) is 5.75 Å². The average molecular weight is 616 g/mol. The minimum absolute atomic E-state index is 0.0716. The Balaban J connectivity index is 1.13. The van der Waals surface area contributed by atoms with Gasteiger partial charge in [0.05, 0.1) is 29.4 Å². The fraction of sp³-hybridized carbons (Fsp3) is 0.486. The minimum Gasteiger partial charge on any atom is -0.489 e. The third-order valence-corrected chi connectivity index (χ3v) is 11.2. The van der Waals surface area contributed by atoms with Gasteiger partial charge in [0.2, 0.25) is 5.91 Å². The zero-order valence-corrected chi connectivity index (χ0v) is 26.2. The largest absolute Gasteiger partial charge is 0.489 e. The van der Waals surface area contributed by atoms with Crippen molar-refractivity contribution < 1.29 is 24.2 Å². The van der Waals surface area contributed by atoms with E-state index in [9.17, 15) is 14.7 Å². The number of carbonyl (C=O) groups is 2. The predicted octanol–water partition coefficient (Wildman–Crippen LogP) is 5.92. The van der Waals surface area contributed by atoms with Gasteiger partial charge in [-0.1, -0.05) is 19.3 Å². The summed E-state index contributed by atoms with van der Waals surface area (Å²) in [6.07, 6.45) is 9.55. The van der Waals surface area contributed by atoms with E-state index >= 15 is 0 Å². The third-order valence-electron chi connectivity index (χ3n) is 9.84. The van der Waals surface area contributed by atoms with Gasteiger partial charge in [-0.3, -0.25) is 4.79 Å². The van der Waals surface area contributed by atoms with E-state index in [1.807, 2.05) is 11.0 Å². The number of hydrogen-bond donors (Lipinski definition) is 1. The van der Waals surface area contributed by atoms with Crippen molar-refractivity contribution in [3.8, 4) is 5.75 Å². The highest BCUT2D eigenvalue weighted by atomic mass is 32.2. The molecule has 1 aliphatic carbocycles. The number of benzene rings is 2. The molecule has 2 atom stereocenters. The first-order valence-electron chi connectivity index (χ1n) is 16.1. The second kappa shape index (κ2) is 12.5. The molecular weight excluding hydrogens is 574 g/mol. The number of amides is 1. The van der Waals surface area contributed by atoms with Crippen LogP contribution in [0.4, 0.5) is 11.4 Å². The molecule has 2 unspecified atom stereocenters. The summed E-state index contributed by atoms with van der Waals surface area (Å²) in [5.41, 5.74) is 6.97. The number of nitrogens with zero attached hydrogens (tertiary/aromatic N) is 3. The maximum Gasteiger partial charge on any atom is 0.341 e. The lowest BCUT2D eigenvalue weighted by molar-refractivity contribution is -0.131. The lowest BCUT2D eigenvalue weighted by Crippen LogP contribution is -2.37. The van der Waals surface area contributed by atoms with Crippen molar-refractivity contribution in [2.45, 2.75) is 62.8 Å². The van der Waals surface area contributed by atoms with Gasteiger partial charge in [0.15, 0.2) is 0 Å². The first-order chi connectivity index (χ1) is 21.5. The topological polar surface area (TPSA) is 82.5 Å². The van der Waals surface area contributed by atoms with Gasteiger partial charge in [-0.2, -0.15) is 0 Å². The quantitative estimate of drug-likeness (QED) is 0.392. The van der Waals surface area contributed by atoms with Crippen LogP contribution < -0.4 is 14.5 Å². The van der Waals surface area contributed by atoms with Crippen LogP contribution in [0.1, 0.15) is 56.1 Å². The standard InChI is InChI=1S/C35H41N3O5S/c1-36-29-21-30(35(40)41)44-34(29)32(23-6-3-2-4-7-23)33(36)24-9-12-27(13-10-24)43-22-25-20-26(38-15-5-8-31(38)39)11-14-28(25)37-16-18-42-19-17-37/h9-14,20-21,23,29,34H,2-8,15-19,22H2,1H3,(H,40,41). The van der Waals surface area contributed by atoms with Gasteiger partial charge in [0.25, 0.3) is 0 Å². The first kappa shape index (κ1) is 29.3. The van der Waals surface area contributed by atoms with Gasteiger partial charge in [-0.25, -0.2) is 4.79 Å². The van der Waals surface area contributed by atoms with Crippen molar-refractivity contribution >= 4 is 40.7 Å². The van der Waals surface area contributed by atoms with E-state index in [1.165, 1.54) is 55.1 Å². The third kappa shape index (κ3) is 5.60. The van der Waals surface area contributed by atoms with Gasteiger partial charge in [0, 0.05) is 55.7 Å². The molecule has 4 aliphatic heterocycles. The van der Waals surface area contributed by atoms with Gasteiger partial charge in [0.1, 0.15) is 12.4 Å². The summed E-state index contributed by atoms with van der Waals surface area (Å²) >= 11 is 1.53. The Hall–Kier alpha value is -3.43. The average Bonchev–Trinajstić information content (AvgIpc) is 3.76. The van der Waals surface area contributed by atoms with Crippen molar-refractivity contribution in [1.82, 2.24) is 4.90 Å². The number of rotatable bonds is 8. The van der Waals surface area contributed by atoms with Crippen molar-refractivity contribution in [3.05, 3.63) is 70.1 Å². The Bertz CT molecular complexity index is 1480. The summed E-state index contributed by atoms with van der Waals surface area (Å²) in [4.78, 5) is 31.3. The molecule has 3 fully saturated rings. The predicted molar refractivity (Wildman–Crippen MR) is 174 cm³/mol. The van der Waals surface area contributed by atoms with Crippen LogP contribution in [0.15, 0.2) is 59.0 Å². The Labute approximate surface area is 263 Å². The monoisotopic (exact) mass is 615 g/mol. The Morgan fingerprint density at radius 3 is 2.50 bits per heavy atom. The summed E-state index contributed by atoms with van der Waals surface area (Å²) in [7, 11) is 2.11. The van der Waals surface area contributed by atoms with Crippen LogP contribution in [0, 0.1) is 5.92 Å². The van der Waals surface area contributed by atoms with E-state index in [-0.39, 0.29) is 17.2 Å². The zero-order chi connectivity index (χ0) is 30.2. The molecule has 8 nitrogen and oxygen atoms in total. The van der Waals surface area contributed by atoms with Crippen molar-refractivity contribution in [3.63, 3.8) is 0 Å². The summed E-state index contributed by atoms with van der Waals surface area (Å²) in [5.74, 6) is 0.655. The van der Waals surface area contributed by atoms with Crippen LogP contribution in [0.3, 0.4) is 0 Å². The highest BCUT2D eigenvalue weighted by Gasteiger charge is 2.46. The van der Waals surface area contributed by atoms with Gasteiger partial charge in [-0.05, 0) is 84.9 Å². The molecule has 44 heavy (non-hydrogen) atoms. The van der Waals surface area contributed by atoms with E-state index in [2.05, 4.69) is 59.3 Å². The normalized spacial score (nSPS) is 24.2. The Morgan fingerprint density at radius 1 is 1.02 bits per heavy atom. The van der Waals surface area contributed by atoms with Crippen LogP contribution in [0.2, 0.25) is 0 Å². The number of morpholine rings is 1. The second-order valence-electron chi connectivity index (χ2n) is 12.5. The number of carbonyl (C=O) groups excluding carboxylic acids is 1. The number of likely N-dealkylation sites (N-methyl/N-ethyl adjacent to an activating group) is 1. The molecule has 4 heterocycles. The molecule has 9 heteroatoms. The summed E-state index contributed by atoms with van der Waals surface area (Å²) < 4.78 is 12.0. The molecule has 0 aromatic heterocycles. The lowest BCUT2D eigenvalue weighted by Gasteiger charge is -2.31. The molecule has 7 rings (SSSR count). The van der Waals surface area contributed by atoms with Crippen molar-refractivity contribution in [2.24, 2.45) is 5.92 Å². The fourth-order valence-corrected chi connectivity index (χ4v) is 9.05. The maximum absolute atomic E-state index is 12.5. The molecule has 2 aromatic carbocycles. The van der Waals surface area contributed by atoms with Crippen LogP contribution in [-0.2, 0) is 20.9 Å².